The molecule has 0 atom stereocenters. The van der Waals surface area contributed by atoms with E-state index in [0.717, 1.165) is 19.5 Å². The molecule has 0 aliphatic heterocycles. The molecule has 0 aromatic carbocycles. The molecule has 0 aliphatic carbocycles. The first-order chi connectivity index (χ1) is 4.27. The van der Waals surface area contributed by atoms with Gasteiger partial charge in [-0.05, 0) is 27.1 Å². The van der Waals surface area contributed by atoms with Crippen molar-refractivity contribution in [3.63, 3.8) is 0 Å². The lowest BCUT2D eigenvalue weighted by molar-refractivity contribution is 0.403. The number of nitrogens with zero attached hydrogens (tertiary/aromatic N) is 2. The van der Waals surface area contributed by atoms with Gasteiger partial charge in [0.1, 0.15) is 0 Å². The fourth-order valence-corrected chi connectivity index (χ4v) is 0.522. The summed E-state index contributed by atoms with van der Waals surface area (Å²) in [6.07, 6.45) is 1.01. The average molecular weight is 200 g/mol. The van der Waals surface area contributed by atoms with E-state index in [4.69, 9.17) is 5.41 Å². The standard InChI is InChI=1S/C6H13N3.2ClH/c1-9(2)5-3-4-8-6-7;;/h7H,3-5H2,1-2H3;2*1H. The molecule has 0 heterocycles. The maximum absolute atomic E-state index is 6.46. The number of hydrogen-bond acceptors (Lipinski definition) is 3. The van der Waals surface area contributed by atoms with Crippen LogP contribution in [0.3, 0.4) is 0 Å². The van der Waals surface area contributed by atoms with E-state index in [1.54, 1.807) is 0 Å². The van der Waals surface area contributed by atoms with Gasteiger partial charge < -0.3 is 4.90 Å². The molecule has 0 saturated heterocycles. The SMILES string of the molecule is CN(C)CCCN=C=N.Cl.Cl. The number of hydrogen-bond donors (Lipinski definition) is 1. The van der Waals surface area contributed by atoms with E-state index in [0.29, 0.717) is 0 Å². The zero-order valence-corrected chi connectivity index (χ0v) is 8.47. The lowest BCUT2D eigenvalue weighted by Gasteiger charge is -2.05. The third kappa shape index (κ3) is 17.8. The molecule has 0 fully saturated rings. The maximum Gasteiger partial charge on any atom is 0.0861 e. The van der Waals surface area contributed by atoms with Crippen molar-refractivity contribution < 1.29 is 0 Å². The van der Waals surface area contributed by atoms with Gasteiger partial charge in [-0.3, -0.25) is 0 Å². The molecule has 0 aromatic heterocycles. The molecule has 5 heteroatoms. The normalized spacial score (nSPS) is 7.55. The number of aliphatic imine (C=N–C) groups is 1. The highest BCUT2D eigenvalue weighted by atomic mass is 35.5. The van der Waals surface area contributed by atoms with Crippen LogP contribution in [0.15, 0.2) is 4.99 Å². The Kier molecular flexibility index (Phi) is 19.6. The van der Waals surface area contributed by atoms with Gasteiger partial charge in [0, 0.05) is 0 Å². The van der Waals surface area contributed by atoms with Crippen LogP contribution in [-0.2, 0) is 0 Å². The van der Waals surface area contributed by atoms with Gasteiger partial charge in [-0.2, -0.15) is 0 Å². The van der Waals surface area contributed by atoms with Crippen molar-refractivity contribution in [3.8, 4) is 0 Å². The third-order valence-corrected chi connectivity index (χ3v) is 0.954. The van der Waals surface area contributed by atoms with E-state index in [-0.39, 0.29) is 24.8 Å². The van der Waals surface area contributed by atoms with Crippen molar-refractivity contribution in [2.45, 2.75) is 6.42 Å². The Hall–Kier alpha value is -0.0800. The molecule has 68 valence electrons. The maximum atomic E-state index is 6.46. The van der Waals surface area contributed by atoms with Crippen LogP contribution in [0.1, 0.15) is 6.42 Å². The summed E-state index contributed by atoms with van der Waals surface area (Å²) in [7, 11) is 4.04. The molecule has 0 saturated carbocycles. The molecular formula is C6H15Cl2N3. The summed E-state index contributed by atoms with van der Waals surface area (Å²) >= 11 is 0. The van der Waals surface area contributed by atoms with Crippen LogP contribution in [-0.4, -0.2) is 38.1 Å². The van der Waals surface area contributed by atoms with Crippen molar-refractivity contribution >= 4 is 30.8 Å². The minimum atomic E-state index is 0. The van der Waals surface area contributed by atoms with Crippen molar-refractivity contribution in [1.29, 1.82) is 5.41 Å². The van der Waals surface area contributed by atoms with Crippen molar-refractivity contribution in [2.75, 3.05) is 27.2 Å². The van der Waals surface area contributed by atoms with Crippen LogP contribution < -0.4 is 0 Å². The van der Waals surface area contributed by atoms with Gasteiger partial charge in [0.15, 0.2) is 0 Å². The lowest BCUT2D eigenvalue weighted by Crippen LogP contribution is -2.13. The second-order valence-electron chi connectivity index (χ2n) is 2.15. The molecule has 3 nitrogen and oxygen atoms in total. The highest BCUT2D eigenvalue weighted by Gasteiger charge is 1.86. The predicted octanol–water partition coefficient (Wildman–Crippen LogP) is 1.53. The Bertz CT molecular complexity index is 110. The van der Waals surface area contributed by atoms with Gasteiger partial charge in [-0.1, -0.05) is 0 Å². The van der Waals surface area contributed by atoms with Crippen LogP contribution in [0, 0.1) is 5.41 Å². The molecule has 0 radical (unpaired) electrons. The molecule has 0 spiro atoms. The number of rotatable bonds is 4. The quantitative estimate of drug-likeness (QED) is 0.542. The first kappa shape index (κ1) is 17.1. The monoisotopic (exact) mass is 199 g/mol. The summed E-state index contributed by atoms with van der Waals surface area (Å²) in [5.74, 6) is 0. The Morgan fingerprint density at radius 2 is 1.91 bits per heavy atom. The minimum Gasteiger partial charge on any atom is -0.309 e. The molecular weight excluding hydrogens is 185 g/mol. The van der Waals surface area contributed by atoms with E-state index < -0.39 is 0 Å². The highest BCUT2D eigenvalue weighted by Crippen LogP contribution is 1.82. The average Bonchev–Trinajstić information content (AvgIpc) is 1.80. The summed E-state index contributed by atoms with van der Waals surface area (Å²) < 4.78 is 0. The molecule has 11 heavy (non-hydrogen) atoms. The molecule has 0 aliphatic rings. The molecule has 0 amide bonds. The van der Waals surface area contributed by atoms with Gasteiger partial charge in [0.05, 0.1) is 12.6 Å². The number of halogens is 2. The summed E-state index contributed by atoms with van der Waals surface area (Å²) in [6.45, 7) is 1.76. The van der Waals surface area contributed by atoms with E-state index in [1.807, 2.05) is 20.1 Å². The van der Waals surface area contributed by atoms with E-state index in [2.05, 4.69) is 9.89 Å². The van der Waals surface area contributed by atoms with Crippen molar-refractivity contribution in [1.82, 2.24) is 4.90 Å². The summed E-state index contributed by atoms with van der Waals surface area (Å²) in [5, 5.41) is 6.46. The summed E-state index contributed by atoms with van der Waals surface area (Å²) in [5.41, 5.74) is 0. The largest absolute Gasteiger partial charge is 0.309 e. The van der Waals surface area contributed by atoms with E-state index >= 15 is 0 Å². The van der Waals surface area contributed by atoms with Gasteiger partial charge in [-0.15, -0.1) is 24.8 Å². The highest BCUT2D eigenvalue weighted by molar-refractivity contribution is 5.85. The number of nitrogens with one attached hydrogen (secondary N) is 1. The van der Waals surface area contributed by atoms with Gasteiger partial charge >= 0.3 is 0 Å². The van der Waals surface area contributed by atoms with Crippen molar-refractivity contribution in [2.24, 2.45) is 4.99 Å². The van der Waals surface area contributed by atoms with Crippen LogP contribution in [0.2, 0.25) is 0 Å². The summed E-state index contributed by atoms with van der Waals surface area (Å²) in [4.78, 5) is 5.73. The first-order valence-electron chi connectivity index (χ1n) is 3.00. The Balaban J connectivity index is -0.000000320. The molecule has 0 aromatic rings. The third-order valence-electron chi connectivity index (χ3n) is 0.954. The zero-order valence-electron chi connectivity index (χ0n) is 6.83. The minimum absolute atomic E-state index is 0. The van der Waals surface area contributed by atoms with Gasteiger partial charge in [0.25, 0.3) is 0 Å². The smallest absolute Gasteiger partial charge is 0.0861 e. The Morgan fingerprint density at radius 1 is 1.36 bits per heavy atom. The summed E-state index contributed by atoms with van der Waals surface area (Å²) in [6, 6.07) is 2.00. The molecule has 0 bridgehead atoms. The fourth-order valence-electron chi connectivity index (χ4n) is 0.522. The zero-order chi connectivity index (χ0) is 7.11. The molecule has 0 unspecified atom stereocenters. The topological polar surface area (TPSA) is 39.5 Å². The van der Waals surface area contributed by atoms with Crippen LogP contribution >= 0.6 is 24.8 Å². The van der Waals surface area contributed by atoms with Crippen LogP contribution in [0.4, 0.5) is 0 Å². The van der Waals surface area contributed by atoms with Gasteiger partial charge in [-0.25, -0.2) is 10.4 Å². The molecule has 0 rings (SSSR count). The Morgan fingerprint density at radius 3 is 2.27 bits per heavy atom. The lowest BCUT2D eigenvalue weighted by atomic mass is 10.4. The van der Waals surface area contributed by atoms with E-state index in [9.17, 15) is 0 Å². The van der Waals surface area contributed by atoms with Crippen LogP contribution in [0.5, 0.6) is 0 Å². The predicted molar refractivity (Wildman–Crippen MR) is 52.7 cm³/mol. The van der Waals surface area contributed by atoms with E-state index in [1.165, 1.54) is 0 Å². The Labute approximate surface area is 80.2 Å². The second kappa shape index (κ2) is 12.6. The fraction of sp³-hybridized carbons (Fsp3) is 0.833. The van der Waals surface area contributed by atoms with Crippen LogP contribution in [0.25, 0.3) is 0 Å². The first-order valence-corrected chi connectivity index (χ1v) is 3.00. The van der Waals surface area contributed by atoms with Gasteiger partial charge in [0.2, 0.25) is 0 Å². The second-order valence-corrected chi connectivity index (χ2v) is 2.15. The van der Waals surface area contributed by atoms with Crippen molar-refractivity contribution in [3.05, 3.63) is 0 Å². The molecule has 1 N–H and O–H groups in total.